The Morgan fingerprint density at radius 1 is 1.35 bits per heavy atom. The molecule has 2 aromatic rings. The van der Waals surface area contributed by atoms with E-state index in [1.807, 2.05) is 18.2 Å². The molecule has 1 saturated carbocycles. The summed E-state index contributed by atoms with van der Waals surface area (Å²) in [6.45, 7) is 0.692. The largest absolute Gasteiger partial charge is 0.356 e. The number of carbonyl (C=O) groups is 1. The van der Waals surface area contributed by atoms with Crippen LogP contribution < -0.4 is 5.32 Å². The van der Waals surface area contributed by atoms with Gasteiger partial charge in [-0.3, -0.25) is 9.89 Å². The summed E-state index contributed by atoms with van der Waals surface area (Å²) in [6, 6.07) is 10.3. The number of nitrogens with one attached hydrogen (secondary N) is 2. The molecule has 0 saturated heterocycles. The number of aromatic nitrogens is 3. The van der Waals surface area contributed by atoms with E-state index in [2.05, 4.69) is 32.6 Å². The van der Waals surface area contributed by atoms with Crippen molar-refractivity contribution in [1.29, 1.82) is 0 Å². The monoisotopic (exact) mass is 270 g/mol. The second-order valence-corrected chi connectivity index (χ2v) is 5.19. The van der Waals surface area contributed by atoms with Crippen LogP contribution in [0.2, 0.25) is 0 Å². The number of hydrogen-bond acceptors (Lipinski definition) is 3. The molecule has 2 atom stereocenters. The fraction of sp³-hybridized carbons (Fsp3) is 0.400. The smallest absolute Gasteiger partial charge is 0.223 e. The average Bonchev–Trinajstić information content (AvgIpc) is 3.13. The van der Waals surface area contributed by atoms with Crippen LogP contribution in [0.15, 0.2) is 36.7 Å². The molecule has 0 aliphatic heterocycles. The fourth-order valence-electron chi connectivity index (χ4n) is 2.50. The van der Waals surface area contributed by atoms with Crippen molar-refractivity contribution < 1.29 is 4.79 Å². The Morgan fingerprint density at radius 3 is 2.95 bits per heavy atom. The highest BCUT2D eigenvalue weighted by molar-refractivity contribution is 5.82. The van der Waals surface area contributed by atoms with Crippen LogP contribution >= 0.6 is 0 Å². The molecule has 2 unspecified atom stereocenters. The van der Waals surface area contributed by atoms with Crippen molar-refractivity contribution in [3.63, 3.8) is 0 Å². The molecule has 1 amide bonds. The van der Waals surface area contributed by atoms with Gasteiger partial charge in [-0.25, -0.2) is 4.98 Å². The normalized spacial score (nSPS) is 20.6. The van der Waals surface area contributed by atoms with Gasteiger partial charge in [-0.15, -0.1) is 0 Å². The van der Waals surface area contributed by atoms with Gasteiger partial charge < -0.3 is 5.32 Å². The summed E-state index contributed by atoms with van der Waals surface area (Å²) in [5.74, 6) is 1.61. The van der Waals surface area contributed by atoms with Gasteiger partial charge in [0.25, 0.3) is 0 Å². The van der Waals surface area contributed by atoms with Gasteiger partial charge in [0.05, 0.1) is 0 Å². The molecule has 20 heavy (non-hydrogen) atoms. The Balaban J connectivity index is 1.38. The zero-order valence-corrected chi connectivity index (χ0v) is 11.2. The number of aromatic amines is 1. The van der Waals surface area contributed by atoms with Crippen molar-refractivity contribution in [2.24, 2.45) is 5.92 Å². The van der Waals surface area contributed by atoms with Crippen molar-refractivity contribution in [2.45, 2.75) is 25.2 Å². The Hall–Kier alpha value is -2.17. The van der Waals surface area contributed by atoms with Gasteiger partial charge in [-0.05, 0) is 24.3 Å². The van der Waals surface area contributed by atoms with Crippen molar-refractivity contribution in [1.82, 2.24) is 20.5 Å². The highest BCUT2D eigenvalue weighted by atomic mass is 16.2. The molecule has 2 N–H and O–H groups in total. The van der Waals surface area contributed by atoms with Gasteiger partial charge in [0.2, 0.25) is 5.91 Å². The molecule has 0 radical (unpaired) electrons. The van der Waals surface area contributed by atoms with Gasteiger partial charge in [0.1, 0.15) is 12.2 Å². The lowest BCUT2D eigenvalue weighted by Gasteiger charge is -2.04. The van der Waals surface area contributed by atoms with Gasteiger partial charge >= 0.3 is 0 Å². The molecule has 0 bridgehead atoms. The van der Waals surface area contributed by atoms with E-state index in [4.69, 9.17) is 0 Å². The lowest BCUT2D eigenvalue weighted by Crippen LogP contribution is -2.26. The maximum atomic E-state index is 12.0. The highest BCUT2D eigenvalue weighted by Crippen LogP contribution is 2.47. The van der Waals surface area contributed by atoms with Crippen molar-refractivity contribution in [3.8, 4) is 0 Å². The van der Waals surface area contributed by atoms with Crippen molar-refractivity contribution in [2.75, 3.05) is 6.54 Å². The summed E-state index contributed by atoms with van der Waals surface area (Å²) < 4.78 is 0. The second kappa shape index (κ2) is 5.86. The molecule has 5 nitrogen and oxygen atoms in total. The van der Waals surface area contributed by atoms with Crippen LogP contribution in [0.1, 0.15) is 30.1 Å². The summed E-state index contributed by atoms with van der Waals surface area (Å²) in [5.41, 5.74) is 1.27. The Labute approximate surface area is 117 Å². The van der Waals surface area contributed by atoms with E-state index in [1.165, 1.54) is 11.9 Å². The quantitative estimate of drug-likeness (QED) is 0.784. The molecule has 3 rings (SSSR count). The minimum absolute atomic E-state index is 0.155. The Morgan fingerprint density at radius 2 is 2.20 bits per heavy atom. The molecule has 1 fully saturated rings. The van der Waals surface area contributed by atoms with Crippen LogP contribution in [0, 0.1) is 5.92 Å². The van der Waals surface area contributed by atoms with E-state index in [0.29, 0.717) is 12.5 Å². The number of carbonyl (C=O) groups excluding carboxylic acids is 1. The minimum Gasteiger partial charge on any atom is -0.356 e. The topological polar surface area (TPSA) is 70.7 Å². The van der Waals surface area contributed by atoms with Crippen LogP contribution in [-0.4, -0.2) is 27.6 Å². The third-order valence-electron chi connectivity index (χ3n) is 3.71. The maximum Gasteiger partial charge on any atom is 0.223 e. The highest BCUT2D eigenvalue weighted by Gasteiger charge is 2.43. The first-order valence-electron chi connectivity index (χ1n) is 7.01. The zero-order chi connectivity index (χ0) is 13.8. The second-order valence-electron chi connectivity index (χ2n) is 5.19. The van der Waals surface area contributed by atoms with Gasteiger partial charge in [0.15, 0.2) is 0 Å². The predicted molar refractivity (Wildman–Crippen MR) is 75.0 cm³/mol. The first-order valence-corrected chi connectivity index (χ1v) is 7.01. The molecule has 5 heteroatoms. The van der Waals surface area contributed by atoms with Gasteiger partial charge in [0, 0.05) is 18.9 Å². The standard InChI is InChI=1S/C15H18N4O/c20-15(16-8-4-7-14-17-10-18-19-14)13-9-12(13)11-5-2-1-3-6-11/h1-3,5-6,10,12-13H,4,7-9H2,(H,16,20)(H,17,18,19). The third-order valence-corrected chi connectivity index (χ3v) is 3.71. The molecule has 1 aromatic heterocycles. The Bertz CT molecular complexity index is 553. The minimum atomic E-state index is 0.155. The van der Waals surface area contributed by atoms with E-state index in [1.54, 1.807) is 0 Å². The average molecular weight is 270 g/mol. The number of H-pyrrole nitrogens is 1. The molecule has 1 aliphatic rings. The van der Waals surface area contributed by atoms with Crippen molar-refractivity contribution >= 4 is 5.91 Å². The first kappa shape index (κ1) is 12.8. The molecular weight excluding hydrogens is 252 g/mol. The van der Waals surface area contributed by atoms with E-state index < -0.39 is 0 Å². The molecule has 1 aromatic carbocycles. The summed E-state index contributed by atoms with van der Waals surface area (Å²) >= 11 is 0. The lowest BCUT2D eigenvalue weighted by atomic mass is 10.1. The van der Waals surface area contributed by atoms with Gasteiger partial charge in [-0.2, -0.15) is 5.10 Å². The van der Waals surface area contributed by atoms with E-state index >= 15 is 0 Å². The van der Waals surface area contributed by atoms with Gasteiger partial charge in [-0.1, -0.05) is 30.3 Å². The molecule has 1 aliphatic carbocycles. The number of nitrogens with zero attached hydrogens (tertiary/aromatic N) is 2. The molecular formula is C15H18N4O. The van der Waals surface area contributed by atoms with Crippen LogP contribution in [0.3, 0.4) is 0 Å². The molecule has 0 spiro atoms. The molecule has 1 heterocycles. The summed E-state index contributed by atoms with van der Waals surface area (Å²) in [7, 11) is 0. The zero-order valence-electron chi connectivity index (χ0n) is 11.2. The number of benzene rings is 1. The van der Waals surface area contributed by atoms with E-state index in [-0.39, 0.29) is 11.8 Å². The fourth-order valence-corrected chi connectivity index (χ4v) is 2.50. The van der Waals surface area contributed by atoms with E-state index in [9.17, 15) is 4.79 Å². The maximum absolute atomic E-state index is 12.0. The summed E-state index contributed by atoms with van der Waals surface area (Å²) in [4.78, 5) is 16.1. The number of aryl methyl sites for hydroxylation is 1. The first-order chi connectivity index (χ1) is 9.84. The van der Waals surface area contributed by atoms with Crippen molar-refractivity contribution in [3.05, 3.63) is 48.0 Å². The number of hydrogen-bond donors (Lipinski definition) is 2. The number of amides is 1. The van der Waals surface area contributed by atoms with Crippen LogP contribution in [0.25, 0.3) is 0 Å². The van der Waals surface area contributed by atoms with Crippen LogP contribution in [0.5, 0.6) is 0 Å². The lowest BCUT2D eigenvalue weighted by molar-refractivity contribution is -0.122. The molecule has 104 valence electrons. The SMILES string of the molecule is O=C(NCCCc1ncn[nH]1)C1CC1c1ccccc1. The predicted octanol–water partition coefficient (Wildman–Crippen LogP) is 1.66. The Kier molecular flexibility index (Phi) is 3.76. The summed E-state index contributed by atoms with van der Waals surface area (Å²) in [6.07, 6.45) is 4.16. The third kappa shape index (κ3) is 3.04. The van der Waals surface area contributed by atoms with Crippen LogP contribution in [-0.2, 0) is 11.2 Å². The summed E-state index contributed by atoms with van der Waals surface area (Å²) in [5, 5.41) is 9.62. The van der Waals surface area contributed by atoms with Crippen LogP contribution in [0.4, 0.5) is 0 Å². The number of rotatable bonds is 6. The van der Waals surface area contributed by atoms with E-state index in [0.717, 1.165) is 25.1 Å².